The van der Waals surface area contributed by atoms with E-state index in [1.807, 2.05) is 0 Å². The van der Waals surface area contributed by atoms with Gasteiger partial charge in [-0.1, -0.05) is 12.1 Å². The molecule has 0 amide bonds. The van der Waals surface area contributed by atoms with Gasteiger partial charge in [0.25, 0.3) is 0 Å². The Bertz CT molecular complexity index is 660. The molecule has 5 nitrogen and oxygen atoms in total. The summed E-state index contributed by atoms with van der Waals surface area (Å²) in [5, 5.41) is 21.6. The van der Waals surface area contributed by atoms with E-state index >= 15 is 0 Å². The fourth-order valence-electron chi connectivity index (χ4n) is 2.07. The van der Waals surface area contributed by atoms with Crippen molar-refractivity contribution < 1.29 is 23.4 Å². The molecule has 0 aliphatic heterocycles. The number of hydrogen-bond donors (Lipinski definition) is 3. The van der Waals surface area contributed by atoms with E-state index in [4.69, 9.17) is 5.11 Å². The third-order valence-corrected chi connectivity index (χ3v) is 3.51. The highest BCUT2D eigenvalue weighted by atomic mass is 19.4. The molecule has 130 valence electrons. The van der Waals surface area contributed by atoms with Crippen LogP contribution in [0.2, 0.25) is 0 Å². The molecule has 0 bridgehead atoms. The van der Waals surface area contributed by atoms with Gasteiger partial charge in [-0.3, -0.25) is 0 Å². The van der Waals surface area contributed by atoms with Gasteiger partial charge < -0.3 is 15.5 Å². The molecule has 0 aliphatic carbocycles. The summed E-state index contributed by atoms with van der Waals surface area (Å²) in [5.41, 5.74) is 0.338. The predicted molar refractivity (Wildman–Crippen MR) is 81.9 cm³/mol. The molecule has 0 radical (unpaired) electrons. The van der Waals surface area contributed by atoms with Gasteiger partial charge in [0.2, 0.25) is 0 Å². The second kappa shape index (κ2) is 7.69. The second-order valence-corrected chi connectivity index (χ2v) is 5.36. The summed E-state index contributed by atoms with van der Waals surface area (Å²) in [7, 11) is 0. The van der Waals surface area contributed by atoms with Crippen molar-refractivity contribution in [1.82, 2.24) is 15.3 Å². The summed E-state index contributed by atoms with van der Waals surface area (Å²) in [5.74, 6) is 0.306. The number of rotatable bonds is 6. The van der Waals surface area contributed by atoms with Gasteiger partial charge in [-0.05, 0) is 25.1 Å². The minimum absolute atomic E-state index is 0.228. The SMILES string of the molecule is C[C@H](O)[C@@H](CO)NCc1ccnc(-c2ccc(C(F)(F)F)cc2)n1. The molecule has 0 aliphatic rings. The van der Waals surface area contributed by atoms with E-state index in [2.05, 4.69) is 15.3 Å². The zero-order valence-electron chi connectivity index (χ0n) is 13.0. The van der Waals surface area contributed by atoms with Crippen molar-refractivity contribution in [3.05, 3.63) is 47.8 Å². The Labute approximate surface area is 137 Å². The molecule has 24 heavy (non-hydrogen) atoms. The van der Waals surface area contributed by atoms with Crippen LogP contribution < -0.4 is 5.32 Å². The van der Waals surface area contributed by atoms with E-state index < -0.39 is 23.9 Å². The number of aliphatic hydroxyl groups is 2. The minimum Gasteiger partial charge on any atom is -0.395 e. The third kappa shape index (κ3) is 4.73. The summed E-state index contributed by atoms with van der Waals surface area (Å²) in [6.45, 7) is 1.61. The number of alkyl halides is 3. The molecule has 2 rings (SSSR count). The van der Waals surface area contributed by atoms with Crippen LogP contribution in [0.1, 0.15) is 18.2 Å². The Balaban J connectivity index is 2.12. The molecule has 2 aromatic rings. The van der Waals surface area contributed by atoms with Crippen LogP contribution in [0.4, 0.5) is 13.2 Å². The normalized spacial score (nSPS) is 14.4. The molecule has 1 aromatic carbocycles. The maximum absolute atomic E-state index is 12.6. The van der Waals surface area contributed by atoms with Crippen molar-refractivity contribution in [3.8, 4) is 11.4 Å². The number of nitrogens with zero attached hydrogens (tertiary/aromatic N) is 2. The topological polar surface area (TPSA) is 78.3 Å². The first-order valence-electron chi connectivity index (χ1n) is 7.33. The molecule has 8 heteroatoms. The highest BCUT2D eigenvalue weighted by Gasteiger charge is 2.30. The second-order valence-electron chi connectivity index (χ2n) is 5.36. The predicted octanol–water partition coefficient (Wildman–Crippen LogP) is 1.99. The largest absolute Gasteiger partial charge is 0.416 e. The lowest BCUT2D eigenvalue weighted by Gasteiger charge is -2.18. The lowest BCUT2D eigenvalue weighted by atomic mass is 10.1. The third-order valence-electron chi connectivity index (χ3n) is 3.51. The van der Waals surface area contributed by atoms with Crippen molar-refractivity contribution in [1.29, 1.82) is 0 Å². The zero-order chi connectivity index (χ0) is 17.7. The van der Waals surface area contributed by atoms with Gasteiger partial charge in [0, 0.05) is 18.3 Å². The summed E-state index contributed by atoms with van der Waals surface area (Å²) >= 11 is 0. The smallest absolute Gasteiger partial charge is 0.395 e. The Morgan fingerprint density at radius 2 is 1.83 bits per heavy atom. The Morgan fingerprint density at radius 3 is 2.38 bits per heavy atom. The molecule has 0 unspecified atom stereocenters. The van der Waals surface area contributed by atoms with E-state index in [0.29, 0.717) is 17.1 Å². The van der Waals surface area contributed by atoms with E-state index in [-0.39, 0.29) is 13.2 Å². The van der Waals surface area contributed by atoms with Crippen LogP contribution in [-0.2, 0) is 12.7 Å². The molecule has 0 fully saturated rings. The maximum Gasteiger partial charge on any atom is 0.416 e. The standard InChI is InChI=1S/C16H18F3N3O2/c1-10(24)14(9-23)21-8-13-6-7-20-15(22-13)11-2-4-12(5-3-11)16(17,18)19/h2-7,10,14,21,23-24H,8-9H2,1H3/t10-,14+/m0/s1. The van der Waals surface area contributed by atoms with Gasteiger partial charge >= 0.3 is 6.18 Å². The lowest BCUT2D eigenvalue weighted by Crippen LogP contribution is -2.40. The molecule has 0 saturated heterocycles. The van der Waals surface area contributed by atoms with Gasteiger partial charge in [0.05, 0.1) is 30.0 Å². The molecule has 1 heterocycles. The monoisotopic (exact) mass is 341 g/mol. The first-order valence-corrected chi connectivity index (χ1v) is 7.33. The number of nitrogens with one attached hydrogen (secondary N) is 1. The van der Waals surface area contributed by atoms with Crippen LogP contribution in [-0.4, -0.2) is 38.9 Å². The number of benzene rings is 1. The van der Waals surface area contributed by atoms with Crippen LogP contribution >= 0.6 is 0 Å². The summed E-state index contributed by atoms with van der Waals surface area (Å²) < 4.78 is 37.7. The van der Waals surface area contributed by atoms with Gasteiger partial charge in [-0.2, -0.15) is 13.2 Å². The fourth-order valence-corrected chi connectivity index (χ4v) is 2.07. The molecule has 3 N–H and O–H groups in total. The highest BCUT2D eigenvalue weighted by molar-refractivity contribution is 5.55. The first kappa shape index (κ1) is 18.3. The number of aromatic nitrogens is 2. The lowest BCUT2D eigenvalue weighted by molar-refractivity contribution is -0.137. The number of halogens is 3. The van der Waals surface area contributed by atoms with Crippen LogP contribution in [0, 0.1) is 0 Å². The molecule has 0 saturated carbocycles. The molecule has 1 aromatic heterocycles. The van der Waals surface area contributed by atoms with Crippen molar-refractivity contribution in [2.45, 2.75) is 31.8 Å². The highest BCUT2D eigenvalue weighted by Crippen LogP contribution is 2.30. The molecular weight excluding hydrogens is 323 g/mol. The fraction of sp³-hybridized carbons (Fsp3) is 0.375. The van der Waals surface area contributed by atoms with Crippen molar-refractivity contribution in [2.24, 2.45) is 0 Å². The Morgan fingerprint density at radius 1 is 1.17 bits per heavy atom. The molecule has 2 atom stereocenters. The van der Waals surface area contributed by atoms with E-state index in [1.54, 1.807) is 13.0 Å². The zero-order valence-corrected chi connectivity index (χ0v) is 13.0. The quantitative estimate of drug-likeness (QED) is 0.749. The summed E-state index contributed by atoms with van der Waals surface area (Å²) in [4.78, 5) is 8.35. The van der Waals surface area contributed by atoms with Crippen molar-refractivity contribution >= 4 is 0 Å². The van der Waals surface area contributed by atoms with Crippen LogP contribution in [0.5, 0.6) is 0 Å². The van der Waals surface area contributed by atoms with E-state index in [0.717, 1.165) is 12.1 Å². The average Bonchev–Trinajstić information content (AvgIpc) is 2.55. The molecule has 0 spiro atoms. The van der Waals surface area contributed by atoms with Gasteiger partial charge in [0.15, 0.2) is 5.82 Å². The summed E-state index contributed by atoms with van der Waals surface area (Å²) in [6.07, 6.45) is -3.61. The van der Waals surface area contributed by atoms with Crippen molar-refractivity contribution in [2.75, 3.05) is 6.61 Å². The minimum atomic E-state index is -4.38. The van der Waals surface area contributed by atoms with Crippen LogP contribution in [0.3, 0.4) is 0 Å². The number of aliphatic hydroxyl groups excluding tert-OH is 2. The molecular formula is C16H18F3N3O2. The number of hydrogen-bond acceptors (Lipinski definition) is 5. The van der Waals surface area contributed by atoms with Gasteiger partial charge in [0.1, 0.15) is 0 Å². The van der Waals surface area contributed by atoms with Gasteiger partial charge in [-0.15, -0.1) is 0 Å². The average molecular weight is 341 g/mol. The van der Waals surface area contributed by atoms with Gasteiger partial charge in [-0.25, -0.2) is 9.97 Å². The van der Waals surface area contributed by atoms with E-state index in [1.165, 1.54) is 18.3 Å². The first-order chi connectivity index (χ1) is 11.3. The maximum atomic E-state index is 12.6. The van der Waals surface area contributed by atoms with E-state index in [9.17, 15) is 18.3 Å². The van der Waals surface area contributed by atoms with Crippen molar-refractivity contribution in [3.63, 3.8) is 0 Å². The Hall–Kier alpha value is -2.03. The Kier molecular flexibility index (Phi) is 5.87. The van der Waals surface area contributed by atoms with Crippen LogP contribution in [0.15, 0.2) is 36.5 Å². The summed E-state index contributed by atoms with van der Waals surface area (Å²) in [6, 6.07) is 5.77. The van der Waals surface area contributed by atoms with Crippen LogP contribution in [0.25, 0.3) is 11.4 Å².